The van der Waals surface area contributed by atoms with E-state index in [1.54, 1.807) is 0 Å². The van der Waals surface area contributed by atoms with Gasteiger partial charge in [-0.15, -0.1) is 0 Å². The summed E-state index contributed by atoms with van der Waals surface area (Å²) in [7, 11) is 1.48. The van der Waals surface area contributed by atoms with E-state index in [0.29, 0.717) is 11.8 Å². The predicted molar refractivity (Wildman–Crippen MR) is 80.6 cm³/mol. The van der Waals surface area contributed by atoms with Gasteiger partial charge in [-0.1, -0.05) is 44.2 Å². The summed E-state index contributed by atoms with van der Waals surface area (Å²) < 4.78 is 4.85. The molecule has 20 heavy (non-hydrogen) atoms. The molecule has 0 N–H and O–H groups in total. The number of rotatable bonds is 5. The molecule has 2 atom stereocenters. The van der Waals surface area contributed by atoms with Gasteiger partial charge in [-0.25, -0.2) is 0 Å². The van der Waals surface area contributed by atoms with Crippen LogP contribution in [0.5, 0.6) is 0 Å². The average molecular weight is 275 g/mol. The number of carbonyl (C=O) groups is 1. The minimum Gasteiger partial charge on any atom is -0.469 e. The van der Waals surface area contributed by atoms with Crippen LogP contribution in [0.3, 0.4) is 0 Å². The van der Waals surface area contributed by atoms with Gasteiger partial charge >= 0.3 is 5.97 Å². The maximum absolute atomic E-state index is 11.6. The average Bonchev–Trinajstić information content (AvgIpc) is 2.93. The lowest BCUT2D eigenvalue weighted by Gasteiger charge is -2.27. The van der Waals surface area contributed by atoms with Gasteiger partial charge in [0, 0.05) is 13.1 Å². The van der Waals surface area contributed by atoms with E-state index in [2.05, 4.69) is 49.1 Å². The molecule has 1 heterocycles. The Bertz CT molecular complexity index is 430. The summed E-state index contributed by atoms with van der Waals surface area (Å²) in [4.78, 5) is 14.0. The standard InChI is InChI=1S/C17H25NO2/c1-13(2)16(14-7-5-4-6-8-14)12-18-10-9-15(11-18)17(19)20-3/h4-8,13,15-16H,9-12H2,1-3H3/t15-,16+/m1/s1. The molecule has 1 aromatic carbocycles. The van der Waals surface area contributed by atoms with E-state index < -0.39 is 0 Å². The predicted octanol–water partition coefficient (Wildman–Crippen LogP) is 2.92. The Morgan fingerprint density at radius 2 is 2.05 bits per heavy atom. The Kier molecular flexibility index (Phi) is 5.18. The van der Waals surface area contributed by atoms with Crippen LogP contribution in [0.1, 0.15) is 31.7 Å². The summed E-state index contributed by atoms with van der Waals surface area (Å²) in [6.07, 6.45) is 0.923. The first-order chi connectivity index (χ1) is 9.61. The molecule has 110 valence electrons. The third-order valence-corrected chi connectivity index (χ3v) is 4.29. The number of nitrogens with zero attached hydrogens (tertiary/aromatic N) is 1. The maximum Gasteiger partial charge on any atom is 0.310 e. The van der Waals surface area contributed by atoms with Crippen LogP contribution >= 0.6 is 0 Å². The number of hydrogen-bond acceptors (Lipinski definition) is 3. The third-order valence-electron chi connectivity index (χ3n) is 4.29. The number of methoxy groups -OCH3 is 1. The molecule has 0 amide bonds. The minimum absolute atomic E-state index is 0.0589. The molecule has 0 aliphatic carbocycles. The van der Waals surface area contributed by atoms with Crippen LogP contribution in [-0.4, -0.2) is 37.6 Å². The molecule has 2 rings (SSSR count). The third kappa shape index (κ3) is 3.60. The van der Waals surface area contributed by atoms with E-state index in [-0.39, 0.29) is 11.9 Å². The zero-order valence-corrected chi connectivity index (χ0v) is 12.7. The minimum atomic E-state index is -0.0618. The molecule has 1 fully saturated rings. The van der Waals surface area contributed by atoms with E-state index >= 15 is 0 Å². The van der Waals surface area contributed by atoms with Gasteiger partial charge in [0.15, 0.2) is 0 Å². The molecule has 3 nitrogen and oxygen atoms in total. The smallest absolute Gasteiger partial charge is 0.310 e. The van der Waals surface area contributed by atoms with Gasteiger partial charge in [-0.3, -0.25) is 4.79 Å². The van der Waals surface area contributed by atoms with E-state index in [0.717, 1.165) is 26.1 Å². The van der Waals surface area contributed by atoms with Crippen molar-refractivity contribution in [1.82, 2.24) is 4.90 Å². The van der Waals surface area contributed by atoms with Crippen molar-refractivity contribution in [3.8, 4) is 0 Å². The van der Waals surface area contributed by atoms with Crippen molar-refractivity contribution < 1.29 is 9.53 Å². The van der Waals surface area contributed by atoms with Crippen molar-refractivity contribution in [1.29, 1.82) is 0 Å². The van der Waals surface area contributed by atoms with Crippen molar-refractivity contribution in [2.24, 2.45) is 11.8 Å². The van der Waals surface area contributed by atoms with Gasteiger partial charge in [-0.05, 0) is 30.4 Å². The van der Waals surface area contributed by atoms with Gasteiger partial charge in [-0.2, -0.15) is 0 Å². The molecule has 3 heteroatoms. The fourth-order valence-electron chi connectivity index (χ4n) is 3.04. The van der Waals surface area contributed by atoms with Crippen molar-refractivity contribution in [3.63, 3.8) is 0 Å². The Morgan fingerprint density at radius 1 is 1.35 bits per heavy atom. The van der Waals surface area contributed by atoms with Gasteiger partial charge in [0.2, 0.25) is 0 Å². The second kappa shape index (κ2) is 6.89. The number of likely N-dealkylation sites (tertiary alicyclic amines) is 1. The van der Waals surface area contributed by atoms with Crippen LogP contribution in [0, 0.1) is 11.8 Å². The highest BCUT2D eigenvalue weighted by atomic mass is 16.5. The van der Waals surface area contributed by atoms with Crippen LogP contribution < -0.4 is 0 Å². The SMILES string of the molecule is COC(=O)[C@@H]1CCN(C[C@H](c2ccccc2)C(C)C)C1. The molecular weight excluding hydrogens is 250 g/mol. The highest BCUT2D eigenvalue weighted by Crippen LogP contribution is 2.28. The highest BCUT2D eigenvalue weighted by Gasteiger charge is 2.31. The van der Waals surface area contributed by atoms with E-state index in [1.807, 2.05) is 0 Å². The summed E-state index contributed by atoms with van der Waals surface area (Å²) >= 11 is 0. The van der Waals surface area contributed by atoms with Gasteiger partial charge in [0.25, 0.3) is 0 Å². The molecule has 0 aromatic heterocycles. The molecule has 0 spiro atoms. The topological polar surface area (TPSA) is 29.5 Å². The van der Waals surface area contributed by atoms with E-state index in [4.69, 9.17) is 4.74 Å². The molecule has 0 bridgehead atoms. The number of esters is 1. The summed E-state index contributed by atoms with van der Waals surface area (Å²) in [5, 5.41) is 0. The lowest BCUT2D eigenvalue weighted by atomic mass is 9.88. The largest absolute Gasteiger partial charge is 0.469 e. The van der Waals surface area contributed by atoms with Gasteiger partial charge in [0.05, 0.1) is 13.0 Å². The Morgan fingerprint density at radius 3 is 2.65 bits per heavy atom. The lowest BCUT2D eigenvalue weighted by Crippen LogP contribution is -2.30. The maximum atomic E-state index is 11.6. The van der Waals surface area contributed by atoms with Crippen LogP contribution in [0.2, 0.25) is 0 Å². The fourth-order valence-corrected chi connectivity index (χ4v) is 3.04. The molecular formula is C17H25NO2. The molecule has 0 radical (unpaired) electrons. The first-order valence-corrected chi connectivity index (χ1v) is 7.47. The second-order valence-electron chi connectivity index (χ2n) is 6.03. The molecule has 1 saturated heterocycles. The summed E-state index contributed by atoms with van der Waals surface area (Å²) in [6, 6.07) is 10.7. The number of carbonyl (C=O) groups excluding carboxylic acids is 1. The molecule has 1 aliphatic heterocycles. The van der Waals surface area contributed by atoms with Crippen LogP contribution in [0.15, 0.2) is 30.3 Å². The number of hydrogen-bond donors (Lipinski definition) is 0. The molecule has 1 aliphatic rings. The van der Waals surface area contributed by atoms with Crippen LogP contribution in [0.4, 0.5) is 0 Å². The fraction of sp³-hybridized carbons (Fsp3) is 0.588. The van der Waals surface area contributed by atoms with Crippen molar-refractivity contribution in [2.75, 3.05) is 26.7 Å². The zero-order chi connectivity index (χ0) is 14.5. The highest BCUT2D eigenvalue weighted by molar-refractivity contribution is 5.72. The number of ether oxygens (including phenoxy) is 1. The van der Waals surface area contributed by atoms with Crippen LogP contribution in [-0.2, 0) is 9.53 Å². The molecule has 1 aromatic rings. The Labute approximate surface area is 121 Å². The summed E-state index contributed by atoms with van der Waals surface area (Å²) in [5.41, 5.74) is 1.39. The summed E-state index contributed by atoms with van der Waals surface area (Å²) in [6.45, 7) is 7.39. The monoisotopic (exact) mass is 275 g/mol. The Balaban J connectivity index is 1.99. The molecule has 0 saturated carbocycles. The zero-order valence-electron chi connectivity index (χ0n) is 12.7. The molecule has 0 unspecified atom stereocenters. The second-order valence-corrected chi connectivity index (χ2v) is 6.03. The van der Waals surface area contributed by atoms with Crippen molar-refractivity contribution in [3.05, 3.63) is 35.9 Å². The van der Waals surface area contributed by atoms with Crippen LogP contribution in [0.25, 0.3) is 0 Å². The van der Waals surface area contributed by atoms with Crippen molar-refractivity contribution in [2.45, 2.75) is 26.2 Å². The van der Waals surface area contributed by atoms with Gasteiger partial charge < -0.3 is 9.64 Å². The van der Waals surface area contributed by atoms with Gasteiger partial charge in [0.1, 0.15) is 0 Å². The lowest BCUT2D eigenvalue weighted by molar-refractivity contribution is -0.144. The Hall–Kier alpha value is -1.35. The van der Waals surface area contributed by atoms with Crippen molar-refractivity contribution >= 4 is 5.97 Å². The van der Waals surface area contributed by atoms with E-state index in [9.17, 15) is 4.79 Å². The summed E-state index contributed by atoms with van der Waals surface area (Å²) in [5.74, 6) is 1.11. The number of benzene rings is 1. The normalized spacial score (nSPS) is 21.1. The first kappa shape index (κ1) is 15.0. The van der Waals surface area contributed by atoms with E-state index in [1.165, 1.54) is 12.7 Å². The first-order valence-electron chi connectivity index (χ1n) is 7.47. The quantitative estimate of drug-likeness (QED) is 0.774.